The standard InChI is InChI=1S/C16H24BrNO/c1-2-9-19-10-3-8-18-16-11-14(12-16)13-4-6-15(17)7-5-13/h4-7,14,16,18H,2-3,8-12H2,1H3. The van der Waals surface area contributed by atoms with Crippen molar-refractivity contribution in [3.05, 3.63) is 34.3 Å². The van der Waals surface area contributed by atoms with E-state index in [-0.39, 0.29) is 0 Å². The molecule has 1 aliphatic rings. The summed E-state index contributed by atoms with van der Waals surface area (Å²) in [5.41, 5.74) is 1.48. The average Bonchev–Trinajstić information content (AvgIpc) is 2.37. The molecule has 2 rings (SSSR count). The molecule has 1 aliphatic carbocycles. The maximum absolute atomic E-state index is 5.47. The molecule has 3 heteroatoms. The molecule has 0 bridgehead atoms. The molecule has 1 saturated carbocycles. The Morgan fingerprint density at radius 1 is 1.21 bits per heavy atom. The Labute approximate surface area is 125 Å². The lowest BCUT2D eigenvalue weighted by molar-refractivity contribution is 0.130. The third-order valence-corrected chi connectivity index (χ3v) is 4.26. The summed E-state index contributed by atoms with van der Waals surface area (Å²) in [4.78, 5) is 0. The summed E-state index contributed by atoms with van der Waals surface area (Å²) in [7, 11) is 0. The summed E-state index contributed by atoms with van der Waals surface area (Å²) < 4.78 is 6.64. The molecule has 1 fully saturated rings. The predicted octanol–water partition coefficient (Wildman–Crippen LogP) is 4.10. The summed E-state index contributed by atoms with van der Waals surface area (Å²) in [6, 6.07) is 9.47. The lowest BCUT2D eigenvalue weighted by Gasteiger charge is -2.36. The van der Waals surface area contributed by atoms with Crippen molar-refractivity contribution in [3.63, 3.8) is 0 Å². The van der Waals surface area contributed by atoms with Gasteiger partial charge in [-0.25, -0.2) is 0 Å². The molecule has 19 heavy (non-hydrogen) atoms. The fourth-order valence-corrected chi connectivity index (χ4v) is 2.78. The van der Waals surface area contributed by atoms with Crippen LogP contribution in [0.5, 0.6) is 0 Å². The van der Waals surface area contributed by atoms with E-state index in [0.717, 1.165) is 43.0 Å². The minimum absolute atomic E-state index is 0.708. The Balaban J connectivity index is 1.55. The first kappa shape index (κ1) is 15.0. The molecule has 0 atom stereocenters. The minimum atomic E-state index is 0.708. The number of ether oxygens (including phenoxy) is 1. The first-order chi connectivity index (χ1) is 9.29. The summed E-state index contributed by atoms with van der Waals surface area (Å²) in [6.45, 7) is 5.02. The third kappa shape index (κ3) is 4.90. The van der Waals surface area contributed by atoms with Crippen LogP contribution >= 0.6 is 15.9 Å². The van der Waals surface area contributed by atoms with Crippen LogP contribution in [0.3, 0.4) is 0 Å². The van der Waals surface area contributed by atoms with Crippen LogP contribution in [0.2, 0.25) is 0 Å². The van der Waals surface area contributed by atoms with Crippen molar-refractivity contribution in [2.24, 2.45) is 0 Å². The highest BCUT2D eigenvalue weighted by Crippen LogP contribution is 2.37. The molecule has 106 valence electrons. The van der Waals surface area contributed by atoms with Crippen LogP contribution in [0.4, 0.5) is 0 Å². The molecule has 2 nitrogen and oxygen atoms in total. The Bertz CT molecular complexity index is 360. The zero-order valence-corrected chi connectivity index (χ0v) is 13.3. The lowest BCUT2D eigenvalue weighted by Crippen LogP contribution is -2.40. The van der Waals surface area contributed by atoms with Crippen LogP contribution in [0.15, 0.2) is 28.7 Å². The molecular formula is C16H24BrNO. The molecule has 0 radical (unpaired) electrons. The molecule has 0 unspecified atom stereocenters. The van der Waals surface area contributed by atoms with Gasteiger partial charge in [-0.3, -0.25) is 0 Å². The maximum atomic E-state index is 5.47. The fourth-order valence-electron chi connectivity index (χ4n) is 2.52. The van der Waals surface area contributed by atoms with Gasteiger partial charge in [0, 0.05) is 23.7 Å². The smallest absolute Gasteiger partial charge is 0.0478 e. The maximum Gasteiger partial charge on any atom is 0.0478 e. The van der Waals surface area contributed by atoms with Gasteiger partial charge in [0.25, 0.3) is 0 Å². The molecule has 1 aromatic rings. The highest BCUT2D eigenvalue weighted by Gasteiger charge is 2.29. The number of benzene rings is 1. The number of hydrogen-bond donors (Lipinski definition) is 1. The van der Waals surface area contributed by atoms with Crippen molar-refractivity contribution in [2.75, 3.05) is 19.8 Å². The summed E-state index contributed by atoms with van der Waals surface area (Å²) in [6.07, 6.45) is 4.79. The minimum Gasteiger partial charge on any atom is -0.381 e. The van der Waals surface area contributed by atoms with Gasteiger partial charge >= 0.3 is 0 Å². The molecular weight excluding hydrogens is 302 g/mol. The molecule has 0 aliphatic heterocycles. The van der Waals surface area contributed by atoms with Gasteiger partial charge in [0.05, 0.1) is 0 Å². The van der Waals surface area contributed by atoms with E-state index >= 15 is 0 Å². The van der Waals surface area contributed by atoms with Crippen LogP contribution < -0.4 is 5.32 Å². The van der Waals surface area contributed by atoms with Gasteiger partial charge < -0.3 is 10.1 Å². The molecule has 1 aromatic carbocycles. The first-order valence-electron chi connectivity index (χ1n) is 7.36. The van der Waals surface area contributed by atoms with Gasteiger partial charge in [-0.05, 0) is 55.8 Å². The van der Waals surface area contributed by atoms with Crippen LogP contribution in [0, 0.1) is 0 Å². The monoisotopic (exact) mass is 325 g/mol. The van der Waals surface area contributed by atoms with Gasteiger partial charge in [0.15, 0.2) is 0 Å². The van der Waals surface area contributed by atoms with Gasteiger partial charge in [-0.2, -0.15) is 0 Å². The second-order valence-electron chi connectivity index (χ2n) is 5.34. The van der Waals surface area contributed by atoms with E-state index in [1.165, 1.54) is 18.4 Å². The van der Waals surface area contributed by atoms with Crippen LogP contribution in [-0.4, -0.2) is 25.8 Å². The Kier molecular flexibility index (Phi) is 6.35. The van der Waals surface area contributed by atoms with Crippen molar-refractivity contribution >= 4 is 15.9 Å². The lowest BCUT2D eigenvalue weighted by atomic mass is 9.76. The Morgan fingerprint density at radius 3 is 2.63 bits per heavy atom. The van der Waals surface area contributed by atoms with E-state index in [4.69, 9.17) is 4.74 Å². The van der Waals surface area contributed by atoms with Crippen LogP contribution in [0.1, 0.15) is 44.1 Å². The van der Waals surface area contributed by atoms with E-state index in [1.54, 1.807) is 0 Å². The fraction of sp³-hybridized carbons (Fsp3) is 0.625. The number of nitrogens with one attached hydrogen (secondary N) is 1. The van der Waals surface area contributed by atoms with Crippen molar-refractivity contribution in [1.29, 1.82) is 0 Å². The second-order valence-corrected chi connectivity index (χ2v) is 6.25. The predicted molar refractivity (Wildman–Crippen MR) is 83.6 cm³/mol. The Morgan fingerprint density at radius 2 is 1.95 bits per heavy atom. The van der Waals surface area contributed by atoms with Crippen molar-refractivity contribution in [1.82, 2.24) is 5.32 Å². The van der Waals surface area contributed by atoms with E-state index < -0.39 is 0 Å². The van der Waals surface area contributed by atoms with Gasteiger partial charge in [-0.1, -0.05) is 35.0 Å². The normalized spacial score (nSPS) is 22.2. The second kappa shape index (κ2) is 8.03. The molecule has 0 aromatic heterocycles. The van der Waals surface area contributed by atoms with E-state index in [9.17, 15) is 0 Å². The first-order valence-corrected chi connectivity index (χ1v) is 8.15. The van der Waals surface area contributed by atoms with Gasteiger partial charge in [0.1, 0.15) is 0 Å². The van der Waals surface area contributed by atoms with Crippen molar-refractivity contribution in [2.45, 2.75) is 44.6 Å². The van der Waals surface area contributed by atoms with Gasteiger partial charge in [-0.15, -0.1) is 0 Å². The zero-order valence-electron chi connectivity index (χ0n) is 11.7. The zero-order chi connectivity index (χ0) is 13.5. The van der Waals surface area contributed by atoms with Crippen molar-refractivity contribution in [3.8, 4) is 0 Å². The van der Waals surface area contributed by atoms with E-state index in [0.29, 0.717) is 6.04 Å². The van der Waals surface area contributed by atoms with E-state index in [2.05, 4.69) is 52.4 Å². The van der Waals surface area contributed by atoms with E-state index in [1.807, 2.05) is 0 Å². The average molecular weight is 326 g/mol. The number of halogens is 1. The Hall–Kier alpha value is -0.380. The number of rotatable bonds is 8. The highest BCUT2D eigenvalue weighted by molar-refractivity contribution is 9.10. The quantitative estimate of drug-likeness (QED) is 0.726. The third-order valence-electron chi connectivity index (χ3n) is 3.73. The molecule has 0 spiro atoms. The summed E-state index contributed by atoms with van der Waals surface area (Å²) in [5, 5.41) is 3.62. The SMILES string of the molecule is CCCOCCCNC1CC(c2ccc(Br)cc2)C1. The van der Waals surface area contributed by atoms with Crippen LogP contribution in [0.25, 0.3) is 0 Å². The molecule has 1 N–H and O–H groups in total. The highest BCUT2D eigenvalue weighted by atomic mass is 79.9. The van der Waals surface area contributed by atoms with Gasteiger partial charge in [0.2, 0.25) is 0 Å². The van der Waals surface area contributed by atoms with Crippen molar-refractivity contribution < 1.29 is 4.74 Å². The number of hydrogen-bond acceptors (Lipinski definition) is 2. The molecule has 0 heterocycles. The summed E-state index contributed by atoms with van der Waals surface area (Å²) in [5.74, 6) is 0.752. The summed E-state index contributed by atoms with van der Waals surface area (Å²) >= 11 is 3.48. The largest absolute Gasteiger partial charge is 0.381 e. The molecule has 0 amide bonds. The molecule has 0 saturated heterocycles. The topological polar surface area (TPSA) is 21.3 Å². The van der Waals surface area contributed by atoms with Crippen LogP contribution in [-0.2, 0) is 4.74 Å².